The molecule has 1 aliphatic rings. The maximum absolute atomic E-state index is 11.2. The van der Waals surface area contributed by atoms with Crippen LogP contribution in [0.4, 0.5) is 11.4 Å². The highest BCUT2D eigenvalue weighted by Crippen LogP contribution is 2.36. The van der Waals surface area contributed by atoms with E-state index in [9.17, 15) is 14.9 Å². The summed E-state index contributed by atoms with van der Waals surface area (Å²) in [6.07, 6.45) is 0.791. The fourth-order valence-corrected chi connectivity index (χ4v) is 3.38. The summed E-state index contributed by atoms with van der Waals surface area (Å²) in [6, 6.07) is 8.58. The molecule has 0 N–H and O–H groups in total. The van der Waals surface area contributed by atoms with Gasteiger partial charge in [-0.05, 0) is 35.7 Å². The molecule has 0 saturated carbocycles. The van der Waals surface area contributed by atoms with E-state index in [0.717, 1.165) is 24.2 Å². The molecule has 0 amide bonds. The second-order valence-electron chi connectivity index (χ2n) is 6.50. The van der Waals surface area contributed by atoms with Crippen molar-refractivity contribution in [2.75, 3.05) is 25.7 Å². The molecule has 0 radical (unpaired) electrons. The van der Waals surface area contributed by atoms with Gasteiger partial charge in [-0.25, -0.2) is 0 Å². The Morgan fingerprint density at radius 3 is 2.43 bits per heavy atom. The highest BCUT2D eigenvalue weighted by Gasteiger charge is 2.23. The zero-order valence-corrected chi connectivity index (χ0v) is 16.1. The van der Waals surface area contributed by atoms with Gasteiger partial charge in [0, 0.05) is 43.4 Å². The third-order valence-corrected chi connectivity index (χ3v) is 4.76. The number of hydrogen-bond donors (Lipinski definition) is 0. The normalized spacial score (nSPS) is 12.9. The third kappa shape index (κ3) is 4.00. The van der Waals surface area contributed by atoms with Crippen molar-refractivity contribution < 1.29 is 23.9 Å². The van der Waals surface area contributed by atoms with Gasteiger partial charge in [-0.1, -0.05) is 0 Å². The van der Waals surface area contributed by atoms with Crippen molar-refractivity contribution >= 4 is 17.3 Å². The molecule has 1 aliphatic heterocycles. The topological polar surface area (TPSA) is 91.1 Å². The number of carbonyl (C=O) groups is 1. The summed E-state index contributed by atoms with van der Waals surface area (Å²) in [4.78, 5) is 24.0. The van der Waals surface area contributed by atoms with Crippen LogP contribution >= 0.6 is 0 Å². The Kier molecular flexibility index (Phi) is 5.67. The molecule has 3 rings (SSSR count). The van der Waals surface area contributed by atoms with Crippen molar-refractivity contribution in [3.63, 3.8) is 0 Å². The molecular formula is C20H22N2O6. The monoisotopic (exact) mass is 386 g/mol. The molecule has 28 heavy (non-hydrogen) atoms. The van der Waals surface area contributed by atoms with E-state index in [4.69, 9.17) is 14.2 Å². The zero-order valence-electron chi connectivity index (χ0n) is 16.1. The first kappa shape index (κ1) is 19.5. The lowest BCUT2D eigenvalue weighted by molar-refractivity contribution is -0.384. The van der Waals surface area contributed by atoms with Crippen LogP contribution in [0.15, 0.2) is 30.3 Å². The summed E-state index contributed by atoms with van der Waals surface area (Å²) in [6.45, 7) is 2.64. The lowest BCUT2D eigenvalue weighted by Crippen LogP contribution is -2.31. The summed E-state index contributed by atoms with van der Waals surface area (Å²) in [5.41, 5.74) is 3.66. The molecule has 1 heterocycles. The molecule has 0 aliphatic carbocycles. The van der Waals surface area contributed by atoms with Crippen molar-refractivity contribution in [3.8, 4) is 11.5 Å². The van der Waals surface area contributed by atoms with Gasteiger partial charge >= 0.3 is 5.97 Å². The molecular weight excluding hydrogens is 364 g/mol. The predicted molar refractivity (Wildman–Crippen MR) is 103 cm³/mol. The Morgan fingerprint density at radius 2 is 1.82 bits per heavy atom. The minimum absolute atomic E-state index is 0.0123. The molecule has 148 valence electrons. The van der Waals surface area contributed by atoms with E-state index in [1.165, 1.54) is 24.6 Å². The second-order valence-corrected chi connectivity index (χ2v) is 6.50. The number of nitro groups is 1. The van der Waals surface area contributed by atoms with Gasteiger partial charge in [-0.15, -0.1) is 0 Å². The Labute approximate surface area is 162 Å². The van der Waals surface area contributed by atoms with E-state index in [-0.39, 0.29) is 12.3 Å². The summed E-state index contributed by atoms with van der Waals surface area (Å²) < 4.78 is 15.9. The average molecular weight is 386 g/mol. The van der Waals surface area contributed by atoms with E-state index in [0.29, 0.717) is 23.6 Å². The van der Waals surface area contributed by atoms with Gasteiger partial charge in [0.2, 0.25) is 0 Å². The van der Waals surface area contributed by atoms with Crippen LogP contribution in [0.2, 0.25) is 0 Å². The van der Waals surface area contributed by atoms with Crippen LogP contribution in [0.25, 0.3) is 0 Å². The van der Waals surface area contributed by atoms with Crippen molar-refractivity contribution in [1.82, 2.24) is 0 Å². The maximum atomic E-state index is 11.2. The van der Waals surface area contributed by atoms with Gasteiger partial charge in [0.25, 0.3) is 5.69 Å². The van der Waals surface area contributed by atoms with Crippen LogP contribution in [0.3, 0.4) is 0 Å². The molecule has 0 aromatic heterocycles. The van der Waals surface area contributed by atoms with Gasteiger partial charge in [0.05, 0.1) is 19.1 Å². The predicted octanol–water partition coefficient (Wildman–Crippen LogP) is 3.24. The number of carbonyl (C=O) groups excluding carboxylic acids is 1. The molecule has 0 unspecified atom stereocenters. The van der Waals surface area contributed by atoms with E-state index in [2.05, 4.69) is 4.90 Å². The first-order valence-corrected chi connectivity index (χ1v) is 8.82. The number of nitro benzene ring substituents is 1. The molecule has 0 fully saturated rings. The Hall–Kier alpha value is -3.29. The van der Waals surface area contributed by atoms with Crippen molar-refractivity contribution in [2.45, 2.75) is 26.5 Å². The standard InChI is InChI=1S/C20H22N2O6/c1-13(23)28-12-16-8-17(22(24)25)4-5-18(16)21-7-6-14-9-19(26-2)20(27-3)10-15(14)11-21/h4-5,8-10H,6-7,11-12H2,1-3H3. The largest absolute Gasteiger partial charge is 0.493 e. The number of esters is 1. The van der Waals surface area contributed by atoms with Gasteiger partial charge in [0.15, 0.2) is 11.5 Å². The first-order chi connectivity index (χ1) is 13.4. The number of hydrogen-bond acceptors (Lipinski definition) is 7. The summed E-state index contributed by atoms with van der Waals surface area (Å²) in [5.74, 6) is 0.922. The third-order valence-electron chi connectivity index (χ3n) is 4.76. The lowest BCUT2D eigenvalue weighted by Gasteiger charge is -2.32. The van der Waals surface area contributed by atoms with Gasteiger partial charge in [0.1, 0.15) is 6.61 Å². The van der Waals surface area contributed by atoms with E-state index < -0.39 is 10.9 Å². The van der Waals surface area contributed by atoms with Crippen LogP contribution < -0.4 is 14.4 Å². The SMILES string of the molecule is COc1cc2c(cc1OC)CN(c1ccc([N+](=O)[O-])cc1COC(C)=O)CC2. The summed E-state index contributed by atoms with van der Waals surface area (Å²) in [5, 5.41) is 11.1. The molecule has 2 aromatic rings. The molecule has 0 atom stereocenters. The molecule has 2 aromatic carbocycles. The summed E-state index contributed by atoms with van der Waals surface area (Å²) >= 11 is 0. The van der Waals surface area contributed by atoms with Crippen molar-refractivity contribution in [3.05, 3.63) is 57.1 Å². The van der Waals surface area contributed by atoms with Crippen LogP contribution in [0, 0.1) is 10.1 Å². The Morgan fingerprint density at radius 1 is 1.14 bits per heavy atom. The number of ether oxygens (including phenoxy) is 3. The van der Waals surface area contributed by atoms with Crippen molar-refractivity contribution in [2.24, 2.45) is 0 Å². The van der Waals surface area contributed by atoms with E-state index in [1.807, 2.05) is 12.1 Å². The quantitative estimate of drug-likeness (QED) is 0.427. The van der Waals surface area contributed by atoms with Crippen LogP contribution in [0.1, 0.15) is 23.6 Å². The maximum Gasteiger partial charge on any atom is 0.302 e. The minimum Gasteiger partial charge on any atom is -0.493 e. The number of nitrogens with zero attached hydrogens (tertiary/aromatic N) is 2. The molecule has 8 heteroatoms. The molecule has 0 saturated heterocycles. The lowest BCUT2D eigenvalue weighted by atomic mass is 9.97. The Bertz CT molecular complexity index is 912. The van der Waals surface area contributed by atoms with Crippen LogP contribution in [-0.2, 0) is 29.1 Å². The van der Waals surface area contributed by atoms with Gasteiger partial charge in [-0.3, -0.25) is 14.9 Å². The second kappa shape index (κ2) is 8.16. The van der Waals surface area contributed by atoms with Crippen molar-refractivity contribution in [1.29, 1.82) is 0 Å². The zero-order chi connectivity index (χ0) is 20.3. The number of fused-ring (bicyclic) bond motifs is 1. The van der Waals surface area contributed by atoms with Crippen LogP contribution in [-0.4, -0.2) is 31.7 Å². The molecule has 0 spiro atoms. The number of non-ortho nitro benzene ring substituents is 1. The number of benzene rings is 2. The van der Waals surface area contributed by atoms with Gasteiger partial charge in [-0.2, -0.15) is 0 Å². The van der Waals surface area contributed by atoms with E-state index >= 15 is 0 Å². The highest BCUT2D eigenvalue weighted by molar-refractivity contribution is 5.67. The smallest absolute Gasteiger partial charge is 0.302 e. The molecule has 8 nitrogen and oxygen atoms in total. The molecule has 0 bridgehead atoms. The summed E-state index contributed by atoms with van der Waals surface area (Å²) in [7, 11) is 3.20. The van der Waals surface area contributed by atoms with E-state index in [1.54, 1.807) is 20.3 Å². The Balaban J connectivity index is 1.93. The first-order valence-electron chi connectivity index (χ1n) is 8.82. The fraction of sp³-hybridized carbons (Fsp3) is 0.350. The average Bonchev–Trinajstić information content (AvgIpc) is 2.70. The highest BCUT2D eigenvalue weighted by atomic mass is 16.6. The van der Waals surface area contributed by atoms with Crippen LogP contribution in [0.5, 0.6) is 11.5 Å². The number of anilines is 1. The minimum atomic E-state index is -0.455. The number of methoxy groups -OCH3 is 2. The number of rotatable bonds is 6. The van der Waals surface area contributed by atoms with Gasteiger partial charge < -0.3 is 19.1 Å². The fourth-order valence-electron chi connectivity index (χ4n) is 3.38.